The van der Waals surface area contributed by atoms with Crippen molar-refractivity contribution in [2.75, 3.05) is 13.1 Å². The molecule has 0 amide bonds. The molecule has 1 aromatic heterocycles. The second-order valence-corrected chi connectivity index (χ2v) is 6.56. The molecule has 1 saturated heterocycles. The van der Waals surface area contributed by atoms with Crippen molar-refractivity contribution in [3.63, 3.8) is 0 Å². The van der Waals surface area contributed by atoms with E-state index in [0.717, 1.165) is 5.56 Å². The second kappa shape index (κ2) is 7.01. The number of aromatic nitrogens is 1. The lowest BCUT2D eigenvalue weighted by Crippen LogP contribution is -2.43. The van der Waals surface area contributed by atoms with Crippen molar-refractivity contribution in [3.8, 4) is 0 Å². The van der Waals surface area contributed by atoms with Gasteiger partial charge < -0.3 is 15.2 Å². The van der Waals surface area contributed by atoms with Crippen LogP contribution in [0.15, 0.2) is 23.0 Å². The van der Waals surface area contributed by atoms with E-state index < -0.39 is 17.6 Å². The van der Waals surface area contributed by atoms with E-state index >= 15 is 0 Å². The number of hydrogen-bond acceptors (Lipinski definition) is 4. The predicted octanol–water partition coefficient (Wildman–Crippen LogP) is 1.68. The Morgan fingerprint density at radius 2 is 2.08 bits per heavy atom. The first-order chi connectivity index (χ1) is 11.5. The van der Waals surface area contributed by atoms with Gasteiger partial charge in [0.25, 0.3) is 5.56 Å². The van der Waals surface area contributed by atoms with E-state index in [9.17, 15) is 19.4 Å². The van der Waals surface area contributed by atoms with E-state index in [1.165, 1.54) is 6.07 Å². The molecule has 0 radical (unpaired) electrons. The maximum absolute atomic E-state index is 13.9. The number of rotatable bonds is 4. The van der Waals surface area contributed by atoms with E-state index in [4.69, 9.17) is 0 Å². The van der Waals surface area contributed by atoms with Crippen molar-refractivity contribution in [1.29, 1.82) is 0 Å². The van der Waals surface area contributed by atoms with E-state index in [1.54, 1.807) is 12.1 Å². The number of nitrogens with one attached hydrogen (secondary N) is 1. The molecule has 2 heterocycles. The molecule has 0 aliphatic carbocycles. The summed E-state index contributed by atoms with van der Waals surface area (Å²) in [6.07, 6.45) is 1.44. The van der Waals surface area contributed by atoms with Crippen molar-refractivity contribution in [2.24, 2.45) is 0 Å². The highest BCUT2D eigenvalue weighted by Gasteiger charge is 2.22. The Hall–Kier alpha value is -1.76. The van der Waals surface area contributed by atoms with Crippen LogP contribution in [-0.4, -0.2) is 45.5 Å². The monoisotopic (exact) mass is 334 g/mol. The molecule has 6 heteroatoms. The molecule has 3 rings (SSSR count). The number of likely N-dealkylation sites (tertiary alicyclic amines) is 1. The first kappa shape index (κ1) is 17.1. The molecule has 24 heavy (non-hydrogen) atoms. The molecule has 1 fully saturated rings. The first-order valence-electron chi connectivity index (χ1n) is 8.37. The number of nitrogens with zero attached hydrogens (tertiary/aromatic N) is 1. The lowest BCUT2D eigenvalue weighted by molar-refractivity contribution is -0.0364. The third kappa shape index (κ3) is 3.50. The summed E-state index contributed by atoms with van der Waals surface area (Å²) in [5.41, 5.74) is 1.11. The number of hydrogen-bond donors (Lipinski definition) is 3. The highest BCUT2D eigenvalue weighted by molar-refractivity contribution is 5.85. The third-order valence-corrected chi connectivity index (χ3v) is 4.82. The van der Waals surface area contributed by atoms with Gasteiger partial charge in [0.05, 0.1) is 11.5 Å². The van der Waals surface area contributed by atoms with Gasteiger partial charge in [-0.05, 0) is 55.7 Å². The minimum absolute atomic E-state index is 0.0873. The summed E-state index contributed by atoms with van der Waals surface area (Å²) >= 11 is 0. The van der Waals surface area contributed by atoms with Crippen molar-refractivity contribution in [1.82, 2.24) is 9.88 Å². The molecule has 1 unspecified atom stereocenters. The van der Waals surface area contributed by atoms with Crippen LogP contribution in [0.4, 0.5) is 4.39 Å². The Morgan fingerprint density at radius 3 is 2.79 bits per heavy atom. The number of benzene rings is 1. The average molecular weight is 334 g/mol. The SMILES string of the molecule is Cc1ccc(F)c2c(=O)[nH]c(CCC(O)N3CCC(O)CC3)cc12. The fourth-order valence-electron chi connectivity index (χ4n) is 3.32. The number of pyridine rings is 1. The van der Waals surface area contributed by atoms with Crippen LogP contribution in [0.2, 0.25) is 0 Å². The van der Waals surface area contributed by atoms with Gasteiger partial charge in [-0.25, -0.2) is 4.39 Å². The number of aromatic amines is 1. The van der Waals surface area contributed by atoms with Crippen molar-refractivity contribution in [2.45, 2.75) is 44.9 Å². The highest BCUT2D eigenvalue weighted by atomic mass is 19.1. The van der Waals surface area contributed by atoms with Gasteiger partial charge in [0.2, 0.25) is 0 Å². The minimum Gasteiger partial charge on any atom is -0.393 e. The molecule has 1 aromatic carbocycles. The fourth-order valence-corrected chi connectivity index (χ4v) is 3.32. The summed E-state index contributed by atoms with van der Waals surface area (Å²) in [7, 11) is 0. The van der Waals surface area contributed by atoms with Crippen LogP contribution < -0.4 is 5.56 Å². The van der Waals surface area contributed by atoms with E-state index in [1.807, 2.05) is 11.8 Å². The molecular formula is C18H23FN2O3. The Balaban J connectivity index is 1.74. The number of aryl methyl sites for hydroxylation is 2. The van der Waals surface area contributed by atoms with Crippen LogP contribution in [0.3, 0.4) is 0 Å². The molecule has 1 aliphatic heterocycles. The molecule has 1 atom stereocenters. The van der Waals surface area contributed by atoms with E-state index in [-0.39, 0.29) is 11.5 Å². The quantitative estimate of drug-likeness (QED) is 0.795. The van der Waals surface area contributed by atoms with Crippen LogP contribution in [0.25, 0.3) is 10.8 Å². The zero-order valence-electron chi connectivity index (χ0n) is 13.8. The van der Waals surface area contributed by atoms with Gasteiger partial charge in [0.15, 0.2) is 0 Å². The Bertz CT molecular complexity index is 782. The van der Waals surface area contributed by atoms with Crippen LogP contribution in [0.1, 0.15) is 30.5 Å². The summed E-state index contributed by atoms with van der Waals surface area (Å²) in [6, 6.07) is 4.76. The van der Waals surface area contributed by atoms with Gasteiger partial charge >= 0.3 is 0 Å². The topological polar surface area (TPSA) is 76.6 Å². The molecule has 0 spiro atoms. The molecule has 130 valence electrons. The molecule has 0 bridgehead atoms. The lowest BCUT2D eigenvalue weighted by atomic mass is 10.0. The number of piperidine rings is 1. The fraction of sp³-hybridized carbons (Fsp3) is 0.500. The zero-order valence-corrected chi connectivity index (χ0v) is 13.8. The average Bonchev–Trinajstić information content (AvgIpc) is 2.56. The van der Waals surface area contributed by atoms with Gasteiger partial charge in [-0.1, -0.05) is 6.07 Å². The summed E-state index contributed by atoms with van der Waals surface area (Å²) in [5.74, 6) is -0.518. The maximum Gasteiger partial charge on any atom is 0.259 e. The van der Waals surface area contributed by atoms with Gasteiger partial charge in [0.1, 0.15) is 12.0 Å². The Labute approximate surface area is 139 Å². The maximum atomic E-state index is 13.9. The Morgan fingerprint density at radius 1 is 1.38 bits per heavy atom. The summed E-state index contributed by atoms with van der Waals surface area (Å²) in [5, 5.41) is 20.5. The molecule has 2 aromatic rings. The van der Waals surface area contributed by atoms with Crippen molar-refractivity contribution < 1.29 is 14.6 Å². The predicted molar refractivity (Wildman–Crippen MR) is 90.4 cm³/mol. The largest absolute Gasteiger partial charge is 0.393 e. The van der Waals surface area contributed by atoms with Crippen LogP contribution in [0, 0.1) is 12.7 Å². The summed E-state index contributed by atoms with van der Waals surface area (Å²) in [4.78, 5) is 16.8. The van der Waals surface area contributed by atoms with Crippen molar-refractivity contribution in [3.05, 3.63) is 45.6 Å². The zero-order chi connectivity index (χ0) is 17.3. The molecule has 3 N–H and O–H groups in total. The van der Waals surface area contributed by atoms with Gasteiger partial charge in [-0.3, -0.25) is 9.69 Å². The number of H-pyrrole nitrogens is 1. The molecule has 5 nitrogen and oxygen atoms in total. The number of fused-ring (bicyclic) bond motifs is 1. The Kier molecular flexibility index (Phi) is 4.99. The van der Waals surface area contributed by atoms with E-state index in [0.29, 0.717) is 49.9 Å². The van der Waals surface area contributed by atoms with Gasteiger partial charge in [-0.2, -0.15) is 0 Å². The van der Waals surface area contributed by atoms with Crippen molar-refractivity contribution >= 4 is 10.8 Å². The molecule has 0 saturated carbocycles. The van der Waals surface area contributed by atoms with Gasteiger partial charge in [-0.15, -0.1) is 0 Å². The van der Waals surface area contributed by atoms with Crippen LogP contribution in [-0.2, 0) is 6.42 Å². The highest BCUT2D eigenvalue weighted by Crippen LogP contribution is 2.20. The van der Waals surface area contributed by atoms with Gasteiger partial charge in [0, 0.05) is 18.8 Å². The summed E-state index contributed by atoms with van der Waals surface area (Å²) < 4.78 is 13.9. The number of aliphatic hydroxyl groups is 2. The number of aliphatic hydroxyl groups excluding tert-OH is 2. The smallest absolute Gasteiger partial charge is 0.259 e. The summed E-state index contributed by atoms with van der Waals surface area (Å²) in [6.45, 7) is 3.18. The lowest BCUT2D eigenvalue weighted by Gasteiger charge is -2.33. The second-order valence-electron chi connectivity index (χ2n) is 6.56. The van der Waals surface area contributed by atoms with Crippen LogP contribution in [0.5, 0.6) is 0 Å². The molecule has 1 aliphatic rings. The minimum atomic E-state index is -0.606. The molecular weight excluding hydrogens is 311 g/mol. The van der Waals surface area contributed by atoms with E-state index in [2.05, 4.69) is 4.98 Å². The third-order valence-electron chi connectivity index (χ3n) is 4.82. The number of halogens is 1. The standard InChI is InChI=1S/C18H23FN2O3/c1-11-2-4-15(19)17-14(11)10-12(20-18(17)24)3-5-16(23)21-8-6-13(22)7-9-21/h2,4,10,13,16,22-23H,3,5-9H2,1H3,(H,20,24). The normalized spacial score (nSPS) is 18.2. The van der Waals surface area contributed by atoms with Crippen LogP contribution >= 0.6 is 0 Å². The first-order valence-corrected chi connectivity index (χ1v) is 8.37.